The summed E-state index contributed by atoms with van der Waals surface area (Å²) in [5.74, 6) is 2.20. The van der Waals surface area contributed by atoms with E-state index < -0.39 is 0 Å². The normalized spacial score (nSPS) is 14.6. The second-order valence-electron chi connectivity index (χ2n) is 6.26. The van der Waals surface area contributed by atoms with Crippen molar-refractivity contribution in [2.45, 2.75) is 39.5 Å². The molecule has 0 atom stereocenters. The molecule has 1 aliphatic rings. The lowest BCUT2D eigenvalue weighted by molar-refractivity contribution is 0.867. The maximum Gasteiger partial charge on any atom is 0.227 e. The van der Waals surface area contributed by atoms with E-state index in [1.807, 2.05) is 13.0 Å². The Labute approximate surface area is 132 Å². The van der Waals surface area contributed by atoms with Crippen molar-refractivity contribution in [3.63, 3.8) is 0 Å². The van der Waals surface area contributed by atoms with Gasteiger partial charge >= 0.3 is 0 Å². The summed E-state index contributed by atoms with van der Waals surface area (Å²) in [5, 5.41) is 3.48. The third-order valence-corrected chi connectivity index (χ3v) is 4.08. The molecular weight excluding hydrogens is 272 g/mol. The van der Waals surface area contributed by atoms with Gasteiger partial charge in [0.05, 0.1) is 0 Å². The zero-order chi connectivity index (χ0) is 15.5. The van der Waals surface area contributed by atoms with E-state index in [4.69, 9.17) is 4.98 Å². The van der Waals surface area contributed by atoms with Crippen LogP contribution in [0, 0.1) is 6.92 Å². The Kier molecular flexibility index (Phi) is 4.27. The monoisotopic (exact) mass is 296 g/mol. The average molecular weight is 296 g/mol. The maximum absolute atomic E-state index is 4.72. The molecule has 1 aromatic heterocycles. The van der Waals surface area contributed by atoms with Gasteiger partial charge in [-0.15, -0.1) is 0 Å². The molecule has 1 fully saturated rings. The van der Waals surface area contributed by atoms with Gasteiger partial charge in [-0.1, -0.05) is 32.0 Å². The van der Waals surface area contributed by atoms with E-state index in [1.165, 1.54) is 18.4 Å². The van der Waals surface area contributed by atoms with Crippen LogP contribution in [0.5, 0.6) is 0 Å². The number of anilines is 3. The molecule has 4 nitrogen and oxygen atoms in total. The number of nitrogens with zero attached hydrogens (tertiary/aromatic N) is 3. The molecule has 1 N–H and O–H groups in total. The van der Waals surface area contributed by atoms with Crippen LogP contribution < -0.4 is 10.2 Å². The molecule has 0 unspecified atom stereocenters. The highest BCUT2D eigenvalue weighted by molar-refractivity contribution is 5.62. The molecule has 1 saturated heterocycles. The summed E-state index contributed by atoms with van der Waals surface area (Å²) in [5.41, 5.74) is 3.44. The molecule has 116 valence electrons. The molecule has 0 amide bonds. The molecule has 1 aliphatic heterocycles. The summed E-state index contributed by atoms with van der Waals surface area (Å²) in [7, 11) is 0. The van der Waals surface area contributed by atoms with Crippen LogP contribution in [0.15, 0.2) is 30.3 Å². The number of benzene rings is 1. The highest BCUT2D eigenvalue weighted by Crippen LogP contribution is 2.27. The van der Waals surface area contributed by atoms with Crippen molar-refractivity contribution >= 4 is 17.5 Å². The fourth-order valence-corrected chi connectivity index (χ4v) is 2.93. The minimum Gasteiger partial charge on any atom is -0.341 e. The zero-order valence-corrected chi connectivity index (χ0v) is 13.6. The minimum atomic E-state index is 0.477. The smallest absolute Gasteiger partial charge is 0.227 e. The van der Waals surface area contributed by atoms with Gasteiger partial charge in [0.15, 0.2) is 0 Å². The van der Waals surface area contributed by atoms with Gasteiger partial charge in [0.1, 0.15) is 5.82 Å². The fourth-order valence-electron chi connectivity index (χ4n) is 2.93. The number of hydrogen-bond donors (Lipinski definition) is 1. The van der Waals surface area contributed by atoms with E-state index in [9.17, 15) is 0 Å². The number of para-hydroxylation sites is 1. The molecular formula is C18H24N4. The minimum absolute atomic E-state index is 0.477. The molecule has 1 aromatic carbocycles. The predicted molar refractivity (Wildman–Crippen MR) is 92.0 cm³/mol. The quantitative estimate of drug-likeness (QED) is 0.915. The first-order chi connectivity index (χ1) is 10.6. The van der Waals surface area contributed by atoms with E-state index in [0.717, 1.165) is 36.2 Å². The summed E-state index contributed by atoms with van der Waals surface area (Å²) in [6, 6.07) is 10.4. The zero-order valence-electron chi connectivity index (χ0n) is 13.6. The van der Waals surface area contributed by atoms with Crippen LogP contribution in [0.4, 0.5) is 17.5 Å². The summed E-state index contributed by atoms with van der Waals surface area (Å²) in [6.07, 6.45) is 2.46. The van der Waals surface area contributed by atoms with Gasteiger partial charge in [0.2, 0.25) is 5.95 Å². The summed E-state index contributed by atoms with van der Waals surface area (Å²) in [6.45, 7) is 8.57. The third kappa shape index (κ3) is 3.21. The van der Waals surface area contributed by atoms with Gasteiger partial charge in [-0.3, -0.25) is 0 Å². The number of nitrogens with one attached hydrogen (secondary N) is 1. The number of aryl methyl sites for hydroxylation is 1. The van der Waals surface area contributed by atoms with E-state index in [0.29, 0.717) is 5.92 Å². The van der Waals surface area contributed by atoms with Gasteiger partial charge in [0, 0.05) is 30.5 Å². The number of rotatable bonds is 4. The standard InChI is InChI=1S/C18H24N4/c1-13(2)15-8-4-5-9-16(15)20-17-12-14(3)19-18(21-17)22-10-6-7-11-22/h4-5,8-9,12-13H,6-7,10-11H2,1-3H3,(H,19,20,21). The van der Waals surface area contributed by atoms with E-state index in [2.05, 4.69) is 53.3 Å². The second kappa shape index (κ2) is 6.34. The van der Waals surface area contributed by atoms with Gasteiger partial charge in [-0.2, -0.15) is 4.98 Å². The first-order valence-corrected chi connectivity index (χ1v) is 8.10. The van der Waals surface area contributed by atoms with Crippen LogP contribution in [0.2, 0.25) is 0 Å². The van der Waals surface area contributed by atoms with Crippen molar-refractivity contribution in [1.29, 1.82) is 0 Å². The Balaban J connectivity index is 1.89. The largest absolute Gasteiger partial charge is 0.341 e. The van der Waals surface area contributed by atoms with Gasteiger partial charge in [0.25, 0.3) is 0 Å². The van der Waals surface area contributed by atoms with Gasteiger partial charge in [-0.25, -0.2) is 4.98 Å². The van der Waals surface area contributed by atoms with Crippen molar-refractivity contribution in [3.05, 3.63) is 41.6 Å². The molecule has 2 heterocycles. The van der Waals surface area contributed by atoms with E-state index in [-0.39, 0.29) is 0 Å². The van der Waals surface area contributed by atoms with Crippen LogP contribution in [0.25, 0.3) is 0 Å². The molecule has 0 radical (unpaired) electrons. The van der Waals surface area contributed by atoms with E-state index >= 15 is 0 Å². The maximum atomic E-state index is 4.72. The predicted octanol–water partition coefficient (Wildman–Crippen LogP) is 4.25. The van der Waals surface area contributed by atoms with Crippen LogP contribution >= 0.6 is 0 Å². The van der Waals surface area contributed by atoms with Crippen molar-refractivity contribution in [2.75, 3.05) is 23.3 Å². The first-order valence-electron chi connectivity index (χ1n) is 8.10. The molecule has 22 heavy (non-hydrogen) atoms. The van der Waals surface area contributed by atoms with Crippen LogP contribution in [-0.2, 0) is 0 Å². The molecule has 0 spiro atoms. The molecule has 4 heteroatoms. The van der Waals surface area contributed by atoms with E-state index in [1.54, 1.807) is 0 Å². The van der Waals surface area contributed by atoms with Crippen molar-refractivity contribution < 1.29 is 0 Å². The Morgan fingerprint density at radius 1 is 1.09 bits per heavy atom. The van der Waals surface area contributed by atoms with Gasteiger partial charge < -0.3 is 10.2 Å². The fraction of sp³-hybridized carbons (Fsp3) is 0.444. The average Bonchev–Trinajstić information content (AvgIpc) is 3.01. The third-order valence-electron chi connectivity index (χ3n) is 4.08. The Morgan fingerprint density at radius 2 is 1.82 bits per heavy atom. The summed E-state index contributed by atoms with van der Waals surface area (Å²) in [4.78, 5) is 11.6. The summed E-state index contributed by atoms with van der Waals surface area (Å²) < 4.78 is 0. The van der Waals surface area contributed by atoms with Gasteiger partial charge in [-0.05, 0) is 37.3 Å². The molecule has 3 rings (SSSR count). The first kappa shape index (κ1) is 14.8. The van der Waals surface area contributed by atoms with Crippen molar-refractivity contribution in [3.8, 4) is 0 Å². The van der Waals surface area contributed by atoms with Crippen LogP contribution in [0.1, 0.15) is 43.9 Å². The number of hydrogen-bond acceptors (Lipinski definition) is 4. The lowest BCUT2D eigenvalue weighted by atomic mass is 10.0. The molecule has 2 aromatic rings. The topological polar surface area (TPSA) is 41.1 Å². The Hall–Kier alpha value is -2.10. The second-order valence-corrected chi connectivity index (χ2v) is 6.26. The van der Waals surface area contributed by atoms with Crippen molar-refractivity contribution in [2.24, 2.45) is 0 Å². The Morgan fingerprint density at radius 3 is 2.55 bits per heavy atom. The SMILES string of the molecule is Cc1cc(Nc2ccccc2C(C)C)nc(N2CCCC2)n1. The summed E-state index contributed by atoms with van der Waals surface area (Å²) >= 11 is 0. The Bertz CT molecular complexity index is 645. The molecule has 0 aliphatic carbocycles. The highest BCUT2D eigenvalue weighted by Gasteiger charge is 2.16. The van der Waals surface area contributed by atoms with Crippen LogP contribution in [-0.4, -0.2) is 23.1 Å². The lowest BCUT2D eigenvalue weighted by Gasteiger charge is -2.18. The van der Waals surface area contributed by atoms with Crippen molar-refractivity contribution in [1.82, 2.24) is 9.97 Å². The molecule has 0 saturated carbocycles. The molecule has 0 bridgehead atoms. The lowest BCUT2D eigenvalue weighted by Crippen LogP contribution is -2.21. The van der Waals surface area contributed by atoms with Crippen LogP contribution in [0.3, 0.4) is 0 Å². The number of aromatic nitrogens is 2. The highest BCUT2D eigenvalue weighted by atomic mass is 15.3.